The van der Waals surface area contributed by atoms with Crippen LogP contribution in [-0.4, -0.2) is 56.7 Å². The Morgan fingerprint density at radius 1 is 1.27 bits per heavy atom. The summed E-state index contributed by atoms with van der Waals surface area (Å²) in [4.78, 5) is 26.8. The normalized spacial score (nSPS) is 12.1. The lowest BCUT2D eigenvalue weighted by Gasteiger charge is -2.08. The highest BCUT2D eigenvalue weighted by Crippen LogP contribution is 2.32. The van der Waals surface area contributed by atoms with Gasteiger partial charge in [0.15, 0.2) is 30.8 Å². The minimum absolute atomic E-state index is 0.0119. The van der Waals surface area contributed by atoms with E-state index in [-0.39, 0.29) is 39.3 Å². The van der Waals surface area contributed by atoms with E-state index in [0.717, 1.165) is 17.1 Å². The van der Waals surface area contributed by atoms with E-state index in [1.807, 2.05) is 0 Å². The van der Waals surface area contributed by atoms with Crippen LogP contribution >= 0.6 is 22.9 Å². The SMILES string of the molecule is CCS(=O)(=O)c1cccnc1-c1nc2cc(C(F)(F)F)cnc2n1C.CN/C(=N\[N+](=O)[O-])NCc1cnc(Cl)s1. The standard InChI is InChI=1S/C15H13F3N4O2S.C6H8ClN5O2S/c1-3-25(23,24)11-5-4-6-19-12(11)14-21-10-7-9(15(16,17)18)8-20-13(10)22(14)2;1-8-6(11-12(13)14)10-3-4-2-9-5(7)15-4/h4-8H,3H2,1-2H3;2H,3H2,1H3,(H2,8,10,11). The summed E-state index contributed by atoms with van der Waals surface area (Å²) in [6.07, 6.45) is -0.826. The number of fused-ring (bicyclic) bond motifs is 1. The molecular formula is C21H21ClF3N9O4S2. The third kappa shape index (κ3) is 7.39. The maximum Gasteiger partial charge on any atom is 0.417 e. The predicted molar refractivity (Wildman–Crippen MR) is 142 cm³/mol. The summed E-state index contributed by atoms with van der Waals surface area (Å²) in [7, 11) is -0.499. The second-order valence-corrected chi connectivity index (χ2v) is 11.6. The van der Waals surface area contributed by atoms with Crippen molar-refractivity contribution in [3.8, 4) is 11.5 Å². The minimum Gasteiger partial charge on any atom is -0.354 e. The maximum atomic E-state index is 12.8. The number of hydrogen-bond donors (Lipinski definition) is 2. The highest BCUT2D eigenvalue weighted by Gasteiger charge is 2.32. The highest BCUT2D eigenvalue weighted by molar-refractivity contribution is 7.91. The number of aryl methyl sites for hydroxylation is 1. The zero-order chi connectivity index (χ0) is 29.7. The summed E-state index contributed by atoms with van der Waals surface area (Å²) in [6, 6.07) is 3.76. The van der Waals surface area contributed by atoms with Crippen LogP contribution in [0, 0.1) is 10.1 Å². The third-order valence-corrected chi connectivity index (χ3v) is 7.98. The van der Waals surface area contributed by atoms with Crippen molar-refractivity contribution >= 4 is 49.9 Å². The number of hydrazone groups is 1. The van der Waals surface area contributed by atoms with Crippen LogP contribution in [0.5, 0.6) is 0 Å². The Morgan fingerprint density at radius 3 is 2.58 bits per heavy atom. The first-order chi connectivity index (χ1) is 18.8. The van der Waals surface area contributed by atoms with Gasteiger partial charge in [-0.2, -0.15) is 13.2 Å². The predicted octanol–water partition coefficient (Wildman–Crippen LogP) is 3.50. The van der Waals surface area contributed by atoms with Gasteiger partial charge >= 0.3 is 6.18 Å². The smallest absolute Gasteiger partial charge is 0.354 e. The third-order valence-electron chi connectivity index (χ3n) is 5.11. The van der Waals surface area contributed by atoms with E-state index in [4.69, 9.17) is 11.6 Å². The van der Waals surface area contributed by atoms with Crippen molar-refractivity contribution in [3.05, 3.63) is 61.8 Å². The molecule has 0 bridgehead atoms. The van der Waals surface area contributed by atoms with Crippen LogP contribution in [0.2, 0.25) is 4.47 Å². The van der Waals surface area contributed by atoms with Gasteiger partial charge in [0.2, 0.25) is 0 Å². The van der Waals surface area contributed by atoms with Crippen LogP contribution in [-0.2, 0) is 29.6 Å². The first kappa shape index (κ1) is 30.6. The lowest BCUT2D eigenvalue weighted by molar-refractivity contribution is -0.485. The molecule has 0 aliphatic carbocycles. The van der Waals surface area contributed by atoms with Crippen molar-refractivity contribution in [2.45, 2.75) is 24.5 Å². The highest BCUT2D eigenvalue weighted by atomic mass is 35.5. The van der Waals surface area contributed by atoms with Crippen molar-refractivity contribution in [1.82, 2.24) is 35.1 Å². The van der Waals surface area contributed by atoms with Gasteiger partial charge in [-0.1, -0.05) is 18.5 Å². The summed E-state index contributed by atoms with van der Waals surface area (Å²) < 4.78 is 64.9. The number of halogens is 4. The fraction of sp³-hybridized carbons (Fsp3) is 0.286. The lowest BCUT2D eigenvalue weighted by Crippen LogP contribution is -2.34. The second-order valence-electron chi connectivity index (χ2n) is 7.68. The van der Waals surface area contributed by atoms with E-state index >= 15 is 0 Å². The quantitative estimate of drug-likeness (QED) is 0.141. The number of pyridine rings is 2. The molecule has 0 aliphatic rings. The number of rotatable bonds is 6. The Bertz CT molecular complexity index is 1660. The average molecular weight is 620 g/mol. The number of sulfone groups is 1. The number of thiazole rings is 1. The van der Waals surface area contributed by atoms with Crippen molar-refractivity contribution in [1.29, 1.82) is 0 Å². The van der Waals surface area contributed by atoms with Crippen LogP contribution < -0.4 is 10.6 Å². The zero-order valence-electron chi connectivity index (χ0n) is 21.0. The molecule has 40 heavy (non-hydrogen) atoms. The number of guanidine groups is 1. The molecule has 0 saturated carbocycles. The molecule has 0 fully saturated rings. The summed E-state index contributed by atoms with van der Waals surface area (Å²) >= 11 is 6.92. The van der Waals surface area contributed by atoms with Crippen LogP contribution in [0.15, 0.2) is 46.8 Å². The molecule has 4 rings (SSSR count). The van der Waals surface area contributed by atoms with E-state index in [2.05, 4.69) is 35.7 Å². The zero-order valence-corrected chi connectivity index (χ0v) is 23.4. The summed E-state index contributed by atoms with van der Waals surface area (Å²) in [5, 5.41) is 17.7. The molecule has 0 spiro atoms. The molecule has 214 valence electrons. The number of imidazole rings is 1. The fourth-order valence-electron chi connectivity index (χ4n) is 3.20. The Hall–Kier alpha value is -3.90. The fourth-order valence-corrected chi connectivity index (χ4v) is 5.15. The Kier molecular flexibility index (Phi) is 9.59. The first-order valence-corrected chi connectivity index (χ1v) is 13.9. The van der Waals surface area contributed by atoms with E-state index in [9.17, 15) is 31.7 Å². The van der Waals surface area contributed by atoms with E-state index in [0.29, 0.717) is 11.0 Å². The van der Waals surface area contributed by atoms with Crippen molar-refractivity contribution in [3.63, 3.8) is 0 Å². The number of nitro groups is 1. The van der Waals surface area contributed by atoms with Gasteiger partial charge in [0, 0.05) is 37.6 Å². The number of alkyl halides is 3. The largest absolute Gasteiger partial charge is 0.417 e. The molecule has 0 aromatic carbocycles. The Morgan fingerprint density at radius 2 is 2.00 bits per heavy atom. The van der Waals surface area contributed by atoms with Gasteiger partial charge in [0.25, 0.3) is 5.96 Å². The van der Waals surface area contributed by atoms with Crippen LogP contribution in [0.3, 0.4) is 0 Å². The Balaban J connectivity index is 0.000000252. The van der Waals surface area contributed by atoms with Gasteiger partial charge in [-0.3, -0.25) is 4.98 Å². The van der Waals surface area contributed by atoms with E-state index < -0.39 is 26.6 Å². The molecule has 0 amide bonds. The van der Waals surface area contributed by atoms with Crippen molar-refractivity contribution in [2.24, 2.45) is 12.1 Å². The molecule has 0 unspecified atom stereocenters. The minimum atomic E-state index is -4.54. The number of nitrogens with one attached hydrogen (secondary N) is 2. The molecule has 4 aromatic heterocycles. The molecule has 2 N–H and O–H groups in total. The van der Waals surface area contributed by atoms with Gasteiger partial charge in [-0.05, 0) is 18.2 Å². The van der Waals surface area contributed by atoms with Gasteiger partial charge in [-0.15, -0.1) is 11.3 Å². The van der Waals surface area contributed by atoms with Gasteiger partial charge < -0.3 is 15.2 Å². The van der Waals surface area contributed by atoms with Gasteiger partial charge in [0.05, 0.1) is 22.8 Å². The number of hydrogen-bond acceptors (Lipinski definition) is 9. The molecule has 19 heteroatoms. The molecule has 0 atom stereocenters. The molecular weight excluding hydrogens is 599 g/mol. The molecule has 4 heterocycles. The van der Waals surface area contributed by atoms with E-state index in [1.54, 1.807) is 13.2 Å². The van der Waals surface area contributed by atoms with Crippen LogP contribution in [0.4, 0.5) is 13.2 Å². The second kappa shape index (κ2) is 12.5. The topological polar surface area (TPSA) is 170 Å². The Labute approximate surface area is 234 Å². The summed E-state index contributed by atoms with van der Waals surface area (Å²) in [6.45, 7) is 1.89. The molecule has 0 aliphatic heterocycles. The lowest BCUT2D eigenvalue weighted by atomic mass is 10.2. The van der Waals surface area contributed by atoms with Crippen molar-refractivity contribution in [2.75, 3.05) is 12.8 Å². The summed E-state index contributed by atoms with van der Waals surface area (Å²) in [5.41, 5.74) is -0.628. The van der Waals surface area contributed by atoms with E-state index in [1.165, 1.54) is 48.2 Å². The van der Waals surface area contributed by atoms with Gasteiger partial charge in [-0.25, -0.2) is 33.5 Å². The molecule has 13 nitrogen and oxygen atoms in total. The monoisotopic (exact) mass is 619 g/mol. The van der Waals surface area contributed by atoms with Crippen LogP contribution in [0.1, 0.15) is 17.4 Å². The number of nitrogens with zero attached hydrogens (tertiary/aromatic N) is 7. The molecule has 0 radical (unpaired) electrons. The first-order valence-electron chi connectivity index (χ1n) is 11.1. The number of aromatic nitrogens is 5. The van der Waals surface area contributed by atoms with Crippen LogP contribution in [0.25, 0.3) is 22.7 Å². The molecule has 0 saturated heterocycles. The van der Waals surface area contributed by atoms with Gasteiger partial charge in [0.1, 0.15) is 16.3 Å². The average Bonchev–Trinajstić information content (AvgIpc) is 3.48. The molecule has 4 aromatic rings. The summed E-state index contributed by atoms with van der Waals surface area (Å²) in [5.74, 6) is 0.0884. The maximum absolute atomic E-state index is 12.8. The van der Waals surface area contributed by atoms with Crippen molar-refractivity contribution < 1.29 is 26.6 Å².